The van der Waals surface area contributed by atoms with E-state index in [0.717, 1.165) is 4.43 Å². The van der Waals surface area contributed by atoms with Crippen LogP contribution >= 0.6 is 22.6 Å². The Kier molecular flexibility index (Phi) is 2.76. The highest BCUT2D eigenvalue weighted by Gasteiger charge is 2.02. The molecule has 0 aliphatic rings. The number of hydrogen-bond acceptors (Lipinski definition) is 3. The number of halogens is 1. The van der Waals surface area contributed by atoms with Crippen LogP contribution in [-0.2, 0) is 6.54 Å². The average Bonchev–Trinajstić information content (AvgIpc) is 2.23. The molecule has 2 aromatic heterocycles. The second-order valence-electron chi connectivity index (χ2n) is 2.81. The van der Waals surface area contributed by atoms with Crippen LogP contribution in [-0.4, -0.2) is 19.0 Å². The van der Waals surface area contributed by atoms with Gasteiger partial charge in [-0.2, -0.15) is 0 Å². The van der Waals surface area contributed by atoms with E-state index in [1.54, 1.807) is 29.2 Å². The van der Waals surface area contributed by atoms with Crippen molar-refractivity contribution in [3.05, 3.63) is 35.0 Å². The third-order valence-corrected chi connectivity index (χ3v) is 2.41. The third-order valence-electron chi connectivity index (χ3n) is 1.92. The number of pyridine rings is 1. The van der Waals surface area contributed by atoms with E-state index in [1.807, 2.05) is 0 Å². The molecule has 0 radical (unpaired) electrons. The van der Waals surface area contributed by atoms with Crippen LogP contribution in [0.25, 0.3) is 11.0 Å². The van der Waals surface area contributed by atoms with Crippen LogP contribution in [0.4, 0.5) is 0 Å². The minimum absolute atomic E-state index is 0.0141. The Balaban J connectivity index is 2.69. The molecule has 0 atom stereocenters. The van der Waals surface area contributed by atoms with Gasteiger partial charge < -0.3 is 0 Å². The predicted octanol–water partition coefficient (Wildman–Crippen LogP) is 1.23. The van der Waals surface area contributed by atoms with Crippen molar-refractivity contribution in [1.29, 1.82) is 0 Å². The molecule has 0 fully saturated rings. The first kappa shape index (κ1) is 9.57. The SMILES string of the molecule is O=c1c2cccnc2ncn1CCI. The van der Waals surface area contributed by atoms with Crippen LogP contribution in [0.5, 0.6) is 0 Å². The highest BCUT2D eigenvalue weighted by Crippen LogP contribution is 2.00. The zero-order chi connectivity index (χ0) is 9.97. The topological polar surface area (TPSA) is 47.8 Å². The number of hydrogen-bond donors (Lipinski definition) is 0. The van der Waals surface area contributed by atoms with Gasteiger partial charge in [-0.25, -0.2) is 9.97 Å². The van der Waals surface area contributed by atoms with Crippen molar-refractivity contribution < 1.29 is 0 Å². The van der Waals surface area contributed by atoms with Crippen LogP contribution in [0.1, 0.15) is 0 Å². The molecule has 0 aliphatic carbocycles. The summed E-state index contributed by atoms with van der Waals surface area (Å²) < 4.78 is 2.50. The normalized spacial score (nSPS) is 10.6. The van der Waals surface area contributed by atoms with Gasteiger partial charge in [-0.3, -0.25) is 9.36 Å². The Morgan fingerprint density at radius 3 is 3.07 bits per heavy atom. The molecular formula is C9H8IN3O. The van der Waals surface area contributed by atoms with Crippen LogP contribution in [0.3, 0.4) is 0 Å². The van der Waals surface area contributed by atoms with E-state index in [1.165, 1.54) is 0 Å². The molecule has 2 heterocycles. The largest absolute Gasteiger partial charge is 0.298 e. The molecule has 0 N–H and O–H groups in total. The number of aromatic nitrogens is 3. The molecule has 72 valence electrons. The molecule has 0 spiro atoms. The van der Waals surface area contributed by atoms with Crippen molar-refractivity contribution >= 4 is 33.6 Å². The lowest BCUT2D eigenvalue weighted by atomic mass is 10.3. The smallest absolute Gasteiger partial charge is 0.262 e. The van der Waals surface area contributed by atoms with Crippen molar-refractivity contribution in [2.24, 2.45) is 0 Å². The lowest BCUT2D eigenvalue weighted by Gasteiger charge is -2.02. The molecule has 0 amide bonds. The monoisotopic (exact) mass is 301 g/mol. The predicted molar refractivity (Wildman–Crippen MR) is 62.7 cm³/mol. The summed E-state index contributed by atoms with van der Waals surface area (Å²) in [6.45, 7) is 0.692. The van der Waals surface area contributed by atoms with Gasteiger partial charge >= 0.3 is 0 Å². The van der Waals surface area contributed by atoms with Gasteiger partial charge in [-0.15, -0.1) is 0 Å². The second kappa shape index (κ2) is 4.04. The molecule has 0 saturated carbocycles. The van der Waals surface area contributed by atoms with Crippen LogP contribution < -0.4 is 5.56 Å². The lowest BCUT2D eigenvalue weighted by Crippen LogP contribution is -2.21. The van der Waals surface area contributed by atoms with E-state index in [2.05, 4.69) is 32.6 Å². The van der Waals surface area contributed by atoms with Gasteiger partial charge in [0.15, 0.2) is 5.65 Å². The van der Waals surface area contributed by atoms with Gasteiger partial charge in [-0.05, 0) is 12.1 Å². The summed E-state index contributed by atoms with van der Waals surface area (Å²) in [5.41, 5.74) is 0.502. The molecule has 0 aromatic carbocycles. The summed E-state index contributed by atoms with van der Waals surface area (Å²) in [7, 11) is 0. The first-order chi connectivity index (χ1) is 6.83. The van der Waals surface area contributed by atoms with Crippen molar-refractivity contribution in [1.82, 2.24) is 14.5 Å². The van der Waals surface area contributed by atoms with Gasteiger partial charge in [0, 0.05) is 17.2 Å². The number of fused-ring (bicyclic) bond motifs is 1. The molecule has 14 heavy (non-hydrogen) atoms. The highest BCUT2D eigenvalue weighted by atomic mass is 127. The number of alkyl halides is 1. The molecule has 0 saturated heterocycles. The van der Waals surface area contributed by atoms with Crippen molar-refractivity contribution in [2.45, 2.75) is 6.54 Å². The molecule has 4 nitrogen and oxygen atoms in total. The summed E-state index contributed by atoms with van der Waals surface area (Å²) in [5, 5.41) is 0.583. The standard InChI is InChI=1S/C9H8IN3O/c10-3-5-13-6-12-8-7(9(13)14)2-1-4-11-8/h1-2,4,6H,3,5H2. The van der Waals surface area contributed by atoms with E-state index in [0.29, 0.717) is 17.6 Å². The first-order valence-corrected chi connectivity index (χ1v) is 5.71. The molecule has 5 heteroatoms. The van der Waals surface area contributed by atoms with Crippen molar-refractivity contribution in [3.8, 4) is 0 Å². The number of nitrogens with zero attached hydrogens (tertiary/aromatic N) is 3. The summed E-state index contributed by atoms with van der Waals surface area (Å²) in [4.78, 5) is 19.9. The van der Waals surface area contributed by atoms with Gasteiger partial charge in [-0.1, -0.05) is 22.6 Å². The highest BCUT2D eigenvalue weighted by molar-refractivity contribution is 14.1. The summed E-state index contributed by atoms with van der Waals surface area (Å²) >= 11 is 2.23. The Morgan fingerprint density at radius 2 is 2.29 bits per heavy atom. The second-order valence-corrected chi connectivity index (χ2v) is 3.89. The Bertz CT molecular complexity index is 509. The maximum Gasteiger partial charge on any atom is 0.262 e. The van der Waals surface area contributed by atoms with Crippen molar-refractivity contribution in [3.63, 3.8) is 0 Å². The third kappa shape index (κ3) is 1.63. The number of aryl methyl sites for hydroxylation is 1. The van der Waals surface area contributed by atoms with Gasteiger partial charge in [0.1, 0.15) is 6.33 Å². The first-order valence-electron chi connectivity index (χ1n) is 4.19. The quantitative estimate of drug-likeness (QED) is 0.619. The Hall–Kier alpha value is -0.980. The lowest BCUT2D eigenvalue weighted by molar-refractivity contribution is 0.730. The average molecular weight is 301 g/mol. The fourth-order valence-electron chi connectivity index (χ4n) is 1.25. The molecular weight excluding hydrogens is 293 g/mol. The molecule has 2 aromatic rings. The van der Waals surface area contributed by atoms with Gasteiger partial charge in [0.2, 0.25) is 0 Å². The minimum atomic E-state index is -0.0141. The number of rotatable bonds is 2. The van der Waals surface area contributed by atoms with E-state index >= 15 is 0 Å². The maximum absolute atomic E-state index is 11.8. The fourth-order valence-corrected chi connectivity index (χ4v) is 1.77. The van der Waals surface area contributed by atoms with Gasteiger partial charge in [0.25, 0.3) is 5.56 Å². The molecule has 0 aliphatic heterocycles. The van der Waals surface area contributed by atoms with E-state index in [4.69, 9.17) is 0 Å². The molecule has 2 rings (SSSR count). The fraction of sp³-hybridized carbons (Fsp3) is 0.222. The minimum Gasteiger partial charge on any atom is -0.298 e. The van der Waals surface area contributed by atoms with Crippen LogP contribution in [0.2, 0.25) is 0 Å². The van der Waals surface area contributed by atoms with Crippen LogP contribution in [0.15, 0.2) is 29.5 Å². The van der Waals surface area contributed by atoms with E-state index in [9.17, 15) is 4.79 Å². The summed E-state index contributed by atoms with van der Waals surface area (Å²) in [5.74, 6) is 0. The summed E-state index contributed by atoms with van der Waals surface area (Å²) in [6, 6.07) is 3.50. The zero-order valence-corrected chi connectivity index (χ0v) is 9.51. The van der Waals surface area contributed by atoms with Gasteiger partial charge in [0.05, 0.1) is 5.39 Å². The van der Waals surface area contributed by atoms with Crippen LogP contribution in [0, 0.1) is 0 Å². The summed E-state index contributed by atoms with van der Waals surface area (Å²) in [6.07, 6.45) is 3.19. The zero-order valence-electron chi connectivity index (χ0n) is 7.35. The molecule has 0 bridgehead atoms. The maximum atomic E-state index is 11.8. The van der Waals surface area contributed by atoms with Crippen molar-refractivity contribution in [2.75, 3.05) is 4.43 Å². The van der Waals surface area contributed by atoms with E-state index < -0.39 is 0 Å². The molecule has 0 unspecified atom stereocenters. The van der Waals surface area contributed by atoms with E-state index in [-0.39, 0.29) is 5.56 Å². The Labute approximate surface area is 94.1 Å². The Morgan fingerprint density at radius 1 is 1.43 bits per heavy atom.